The van der Waals surface area contributed by atoms with E-state index in [0.717, 1.165) is 31.5 Å². The molecule has 0 unspecified atom stereocenters. The zero-order valence-electron chi connectivity index (χ0n) is 16.1. The summed E-state index contributed by atoms with van der Waals surface area (Å²) in [5.74, 6) is 0.219. The van der Waals surface area contributed by atoms with E-state index in [4.69, 9.17) is 5.73 Å². The lowest BCUT2D eigenvalue weighted by Gasteiger charge is -2.30. The molecule has 2 aromatic rings. The first-order valence-electron chi connectivity index (χ1n) is 9.78. The average molecular weight is 413 g/mol. The minimum absolute atomic E-state index is 0.0375. The average Bonchev–Trinajstić information content (AvgIpc) is 3.34. The Balaban J connectivity index is 1.66. The van der Waals surface area contributed by atoms with Gasteiger partial charge in [0.05, 0.1) is 5.54 Å². The quantitative estimate of drug-likeness (QED) is 0.297. The third-order valence-corrected chi connectivity index (χ3v) is 5.88. The zero-order chi connectivity index (χ0) is 20.4. The van der Waals surface area contributed by atoms with Gasteiger partial charge in [-0.05, 0) is 55.1 Å². The van der Waals surface area contributed by atoms with E-state index in [9.17, 15) is 9.70 Å². The molecular formula is C20H24N6O2S. The number of nitrogens with two attached hydrogens (primary N) is 1. The topological polar surface area (TPSA) is 105 Å². The highest BCUT2D eigenvalue weighted by Gasteiger charge is 2.50. The van der Waals surface area contributed by atoms with Crippen LogP contribution in [-0.2, 0) is 17.9 Å². The van der Waals surface area contributed by atoms with Crippen LogP contribution < -0.4 is 10.6 Å². The van der Waals surface area contributed by atoms with Gasteiger partial charge in [-0.2, -0.15) is 0 Å². The van der Waals surface area contributed by atoms with Gasteiger partial charge in [-0.15, -0.1) is 17.5 Å². The highest BCUT2D eigenvalue weighted by atomic mass is 32.1. The fourth-order valence-electron chi connectivity index (χ4n) is 3.95. The number of thiol groups is 1. The van der Waals surface area contributed by atoms with Crippen molar-refractivity contribution >= 4 is 36.2 Å². The molecule has 1 aliphatic heterocycles. The fraction of sp³-hybridized carbons (Fsp3) is 0.450. The number of carbonyl (C=O) groups excluding carboxylic acids is 1. The minimum atomic E-state index is -0.703. The third-order valence-electron chi connectivity index (χ3n) is 5.68. The molecule has 0 radical (unpaired) electrons. The van der Waals surface area contributed by atoms with Crippen LogP contribution >= 0.6 is 12.6 Å². The van der Waals surface area contributed by atoms with Gasteiger partial charge in [0.2, 0.25) is 0 Å². The summed E-state index contributed by atoms with van der Waals surface area (Å²) in [6, 6.07) is 8.30. The predicted molar refractivity (Wildman–Crippen MR) is 114 cm³/mol. The lowest BCUT2D eigenvalue weighted by molar-refractivity contribution is -0.109. The van der Waals surface area contributed by atoms with Crippen molar-refractivity contribution in [2.75, 3.05) is 23.7 Å². The summed E-state index contributed by atoms with van der Waals surface area (Å²) in [4.78, 5) is 35.8. The number of aldehydes is 1. The van der Waals surface area contributed by atoms with E-state index in [1.807, 2.05) is 17.0 Å². The Morgan fingerprint density at radius 1 is 1.24 bits per heavy atom. The predicted octanol–water partition coefficient (Wildman–Crippen LogP) is 3.08. The first kappa shape index (κ1) is 19.8. The normalized spacial score (nSPS) is 17.8. The van der Waals surface area contributed by atoms with Crippen LogP contribution in [0.1, 0.15) is 36.8 Å². The Morgan fingerprint density at radius 3 is 2.62 bits per heavy atom. The fourth-order valence-corrected chi connectivity index (χ4v) is 4.16. The molecule has 2 N–H and O–H groups in total. The van der Waals surface area contributed by atoms with Crippen molar-refractivity contribution in [1.82, 2.24) is 14.9 Å². The standard InChI is InChI=1S/C20H24N6O2S/c21-17-16(24-28)18(23-19(29)22-17)26(20(13-27)6-7-20)12-15-5-3-4-14(10-15)11-25-8-1-2-9-25/h3-5,10,13H,1-2,6-9,11-12H2,(H3,21,22,23,29). The third kappa shape index (κ3) is 4.11. The number of benzene rings is 1. The molecule has 9 heteroatoms. The molecule has 0 bridgehead atoms. The van der Waals surface area contributed by atoms with Crippen LogP contribution in [0.25, 0.3) is 0 Å². The molecule has 2 fully saturated rings. The molecule has 2 aliphatic rings. The van der Waals surface area contributed by atoms with E-state index >= 15 is 0 Å². The molecule has 1 saturated heterocycles. The van der Waals surface area contributed by atoms with Gasteiger partial charge in [0.1, 0.15) is 6.29 Å². The van der Waals surface area contributed by atoms with Crippen LogP contribution in [-0.4, -0.2) is 39.8 Å². The Hall–Kier alpha value is -2.52. The van der Waals surface area contributed by atoms with Crippen LogP contribution in [0.4, 0.5) is 17.3 Å². The lowest BCUT2D eigenvalue weighted by Crippen LogP contribution is -2.39. The van der Waals surface area contributed by atoms with Crippen molar-refractivity contribution < 1.29 is 4.79 Å². The molecule has 1 aromatic heterocycles. The van der Waals surface area contributed by atoms with Gasteiger partial charge in [-0.25, -0.2) is 9.97 Å². The number of likely N-dealkylation sites (tertiary alicyclic amines) is 1. The summed E-state index contributed by atoms with van der Waals surface area (Å²) >= 11 is 4.19. The SMILES string of the molecule is Nc1nc(S)nc(N(Cc2cccc(CN3CCCC3)c2)C2(C=O)CC2)c1N=O. The first-order valence-corrected chi connectivity index (χ1v) is 10.2. The second kappa shape index (κ2) is 8.08. The maximum atomic E-state index is 11.9. The summed E-state index contributed by atoms with van der Waals surface area (Å²) < 4.78 is 0. The summed E-state index contributed by atoms with van der Waals surface area (Å²) in [7, 11) is 0. The number of nitroso groups, excluding NO2 is 1. The molecule has 0 atom stereocenters. The highest BCUT2D eigenvalue weighted by molar-refractivity contribution is 7.80. The number of nitrogens with zero attached hydrogens (tertiary/aromatic N) is 5. The van der Waals surface area contributed by atoms with Gasteiger partial charge < -0.3 is 15.4 Å². The van der Waals surface area contributed by atoms with Gasteiger partial charge in [-0.1, -0.05) is 24.3 Å². The number of nitrogen functional groups attached to an aromatic ring is 1. The Labute approximate surface area is 174 Å². The second-order valence-electron chi connectivity index (χ2n) is 7.78. The summed E-state index contributed by atoms with van der Waals surface area (Å²) in [5.41, 5.74) is 7.38. The zero-order valence-corrected chi connectivity index (χ0v) is 17.0. The van der Waals surface area contributed by atoms with Crippen LogP contribution in [0.5, 0.6) is 0 Å². The molecule has 1 aromatic carbocycles. The van der Waals surface area contributed by atoms with E-state index in [1.165, 1.54) is 18.4 Å². The molecule has 2 heterocycles. The maximum absolute atomic E-state index is 11.9. The summed E-state index contributed by atoms with van der Waals surface area (Å²) in [5, 5.41) is 3.18. The smallest absolute Gasteiger partial charge is 0.192 e. The number of hydrogen-bond donors (Lipinski definition) is 2. The van der Waals surface area contributed by atoms with E-state index in [-0.39, 0.29) is 22.5 Å². The Bertz CT molecular complexity index is 927. The number of carbonyl (C=O) groups is 1. The van der Waals surface area contributed by atoms with E-state index in [1.54, 1.807) is 0 Å². The molecule has 0 spiro atoms. The van der Waals surface area contributed by atoms with E-state index in [2.05, 4.69) is 44.8 Å². The van der Waals surface area contributed by atoms with Crippen molar-refractivity contribution in [2.24, 2.45) is 5.18 Å². The molecule has 1 saturated carbocycles. The van der Waals surface area contributed by atoms with Gasteiger partial charge in [0, 0.05) is 13.1 Å². The molecular weight excluding hydrogens is 388 g/mol. The highest BCUT2D eigenvalue weighted by Crippen LogP contribution is 2.46. The van der Waals surface area contributed by atoms with Gasteiger partial charge >= 0.3 is 0 Å². The molecule has 0 amide bonds. The lowest BCUT2D eigenvalue weighted by atomic mass is 10.1. The summed E-state index contributed by atoms with van der Waals surface area (Å²) in [6.07, 6.45) is 4.80. The van der Waals surface area contributed by atoms with Crippen molar-refractivity contribution in [3.63, 3.8) is 0 Å². The first-order chi connectivity index (χ1) is 14.0. The molecule has 152 valence electrons. The van der Waals surface area contributed by atoms with Crippen molar-refractivity contribution in [2.45, 2.75) is 49.5 Å². The van der Waals surface area contributed by atoms with Gasteiger partial charge in [0.25, 0.3) is 0 Å². The largest absolute Gasteiger partial charge is 0.382 e. The van der Waals surface area contributed by atoms with Gasteiger partial charge in [0.15, 0.2) is 22.5 Å². The molecule has 8 nitrogen and oxygen atoms in total. The van der Waals surface area contributed by atoms with Crippen LogP contribution in [0.3, 0.4) is 0 Å². The number of aromatic nitrogens is 2. The Kier molecular flexibility index (Phi) is 5.51. The van der Waals surface area contributed by atoms with E-state index < -0.39 is 5.54 Å². The van der Waals surface area contributed by atoms with E-state index in [0.29, 0.717) is 19.4 Å². The maximum Gasteiger partial charge on any atom is 0.192 e. The monoisotopic (exact) mass is 412 g/mol. The van der Waals surface area contributed by atoms with Crippen LogP contribution in [0, 0.1) is 4.91 Å². The minimum Gasteiger partial charge on any atom is -0.382 e. The van der Waals surface area contributed by atoms with Crippen molar-refractivity contribution in [3.05, 3.63) is 40.3 Å². The van der Waals surface area contributed by atoms with Crippen LogP contribution in [0.15, 0.2) is 34.6 Å². The van der Waals surface area contributed by atoms with Crippen LogP contribution in [0.2, 0.25) is 0 Å². The number of rotatable bonds is 8. The second-order valence-corrected chi connectivity index (χ2v) is 8.18. The Morgan fingerprint density at radius 2 is 1.97 bits per heavy atom. The molecule has 4 rings (SSSR count). The summed E-state index contributed by atoms with van der Waals surface area (Å²) in [6.45, 7) is 3.58. The van der Waals surface area contributed by atoms with Crippen molar-refractivity contribution in [1.29, 1.82) is 0 Å². The number of anilines is 2. The van der Waals surface area contributed by atoms with Gasteiger partial charge in [-0.3, -0.25) is 4.90 Å². The molecule has 1 aliphatic carbocycles. The molecule has 29 heavy (non-hydrogen) atoms. The number of hydrogen-bond acceptors (Lipinski definition) is 9. The van der Waals surface area contributed by atoms with Crippen molar-refractivity contribution in [3.8, 4) is 0 Å².